The summed E-state index contributed by atoms with van der Waals surface area (Å²) in [6.07, 6.45) is -7.46. The van der Waals surface area contributed by atoms with Gasteiger partial charge < -0.3 is 4.57 Å². The highest BCUT2D eigenvalue weighted by Gasteiger charge is 2.38. The fourth-order valence-electron chi connectivity index (χ4n) is 4.12. The topological polar surface area (TPSA) is 51.1 Å². The lowest BCUT2D eigenvalue weighted by atomic mass is 9.87. The molecular formula is C26H30F6N2O2S. The molecule has 0 aliphatic carbocycles. The predicted octanol–water partition coefficient (Wildman–Crippen LogP) is 7.26. The summed E-state index contributed by atoms with van der Waals surface area (Å²) in [4.78, 5) is 0. The van der Waals surface area contributed by atoms with Crippen molar-refractivity contribution in [3.63, 3.8) is 0 Å². The maximum Gasteiger partial charge on any atom is 0.417 e. The molecule has 1 heterocycles. The molecule has 0 radical (unpaired) electrons. The molecule has 37 heavy (non-hydrogen) atoms. The van der Waals surface area contributed by atoms with Gasteiger partial charge >= 0.3 is 12.4 Å². The average Bonchev–Trinajstić information content (AvgIpc) is 3.07. The molecule has 1 aromatic heterocycles. The van der Waals surface area contributed by atoms with E-state index in [0.717, 1.165) is 11.6 Å². The highest BCUT2D eigenvalue weighted by molar-refractivity contribution is 7.90. The third-order valence-corrected chi connectivity index (χ3v) is 7.77. The quantitative estimate of drug-likeness (QED) is 0.316. The van der Waals surface area contributed by atoms with Crippen LogP contribution in [0.3, 0.4) is 0 Å². The van der Waals surface area contributed by atoms with E-state index in [1.165, 1.54) is 6.07 Å². The van der Waals surface area contributed by atoms with Crippen LogP contribution in [-0.2, 0) is 35.3 Å². The van der Waals surface area contributed by atoms with Crippen molar-refractivity contribution < 1.29 is 34.8 Å². The summed E-state index contributed by atoms with van der Waals surface area (Å²) in [5, 5.41) is 0.0617. The molecule has 0 saturated heterocycles. The fraction of sp³-hybridized carbons (Fsp3) is 0.462. The van der Waals surface area contributed by atoms with Crippen molar-refractivity contribution in [2.24, 2.45) is 5.41 Å². The molecule has 1 N–H and O–H groups in total. The van der Waals surface area contributed by atoms with Crippen molar-refractivity contribution >= 4 is 20.9 Å². The molecule has 0 aliphatic rings. The van der Waals surface area contributed by atoms with Crippen molar-refractivity contribution in [3.05, 3.63) is 59.3 Å². The van der Waals surface area contributed by atoms with E-state index in [-0.39, 0.29) is 29.2 Å². The highest BCUT2D eigenvalue weighted by Crippen LogP contribution is 2.42. The normalized spacial score (nSPS) is 13.6. The molecule has 0 unspecified atom stereocenters. The van der Waals surface area contributed by atoms with E-state index < -0.39 is 38.8 Å². The molecule has 0 bridgehead atoms. The third-order valence-electron chi connectivity index (χ3n) is 5.92. The van der Waals surface area contributed by atoms with Crippen molar-refractivity contribution in [2.45, 2.75) is 65.2 Å². The smallest absolute Gasteiger partial charge is 0.346 e. The predicted molar refractivity (Wildman–Crippen MR) is 133 cm³/mol. The van der Waals surface area contributed by atoms with E-state index in [0.29, 0.717) is 29.9 Å². The summed E-state index contributed by atoms with van der Waals surface area (Å²) in [5.41, 5.74) is -1.57. The second kappa shape index (κ2) is 9.98. The number of halogens is 6. The van der Waals surface area contributed by atoms with Crippen molar-refractivity contribution in [1.82, 2.24) is 9.29 Å². The minimum absolute atomic E-state index is 0.123. The van der Waals surface area contributed by atoms with Crippen LogP contribution in [-0.4, -0.2) is 24.8 Å². The van der Waals surface area contributed by atoms with Crippen LogP contribution in [0.1, 0.15) is 51.3 Å². The maximum atomic E-state index is 13.8. The van der Waals surface area contributed by atoms with E-state index >= 15 is 0 Å². The van der Waals surface area contributed by atoms with Gasteiger partial charge in [-0.15, -0.1) is 0 Å². The Kier molecular flexibility index (Phi) is 7.83. The zero-order valence-corrected chi connectivity index (χ0v) is 22.0. The Morgan fingerprint density at radius 2 is 1.57 bits per heavy atom. The zero-order valence-electron chi connectivity index (χ0n) is 21.2. The minimum atomic E-state index is -4.99. The maximum absolute atomic E-state index is 13.8. The number of sulfonamides is 1. The van der Waals surface area contributed by atoms with Crippen molar-refractivity contribution in [1.29, 1.82) is 0 Å². The molecule has 0 spiro atoms. The standard InChI is InChI=1S/C26H30F6N2O2S/c1-16(2)37(35,36)33-10-11-34-15-18(14-24(3,4)5)21-12-17(6-9-23(21)34)20-8-7-19(25(27,28)29)13-22(20)26(30,31)32/h6-9,12-13,15-16,33H,10-11,14H2,1-5H3. The second-order valence-electron chi connectivity index (χ2n) is 10.6. The van der Waals surface area contributed by atoms with E-state index in [9.17, 15) is 34.8 Å². The number of hydrogen-bond acceptors (Lipinski definition) is 2. The van der Waals surface area contributed by atoms with Crippen molar-refractivity contribution in [3.8, 4) is 11.1 Å². The SMILES string of the molecule is CC(C)S(=O)(=O)NCCn1cc(CC(C)(C)C)c2cc(-c3ccc(C(F)(F)F)cc3C(F)(F)F)ccc21. The Labute approximate surface area is 212 Å². The van der Waals surface area contributed by atoms with E-state index in [1.807, 2.05) is 31.5 Å². The highest BCUT2D eigenvalue weighted by atomic mass is 32.2. The van der Waals surface area contributed by atoms with Gasteiger partial charge in [0.25, 0.3) is 0 Å². The third kappa shape index (κ3) is 6.87. The molecule has 11 heteroatoms. The first kappa shape index (κ1) is 29.0. The van der Waals surface area contributed by atoms with Crippen LogP contribution in [0.5, 0.6) is 0 Å². The summed E-state index contributed by atoms with van der Waals surface area (Å²) >= 11 is 0. The Morgan fingerprint density at radius 1 is 0.919 bits per heavy atom. The van der Waals surface area contributed by atoms with Gasteiger partial charge in [0.15, 0.2) is 0 Å². The van der Waals surface area contributed by atoms with Crippen LogP contribution in [0.15, 0.2) is 42.6 Å². The van der Waals surface area contributed by atoms with Crippen LogP contribution in [0.2, 0.25) is 0 Å². The molecule has 0 fully saturated rings. The number of rotatable bonds is 7. The van der Waals surface area contributed by atoms with Gasteiger partial charge in [-0.05, 0) is 66.6 Å². The molecule has 3 rings (SSSR count). The zero-order chi connectivity index (χ0) is 28.0. The summed E-state index contributed by atoms with van der Waals surface area (Å²) < 4.78 is 109. The van der Waals surface area contributed by atoms with Gasteiger partial charge in [0.2, 0.25) is 10.0 Å². The number of hydrogen-bond donors (Lipinski definition) is 1. The molecule has 0 aliphatic heterocycles. The van der Waals surface area contributed by atoms with Gasteiger partial charge in [0.05, 0.1) is 16.4 Å². The summed E-state index contributed by atoms with van der Waals surface area (Å²) in [6, 6.07) is 6.26. The Balaban J connectivity index is 2.11. The molecule has 0 atom stereocenters. The lowest BCUT2D eigenvalue weighted by molar-refractivity contribution is -0.142. The van der Waals surface area contributed by atoms with Gasteiger partial charge in [0, 0.05) is 30.2 Å². The van der Waals surface area contributed by atoms with E-state index in [2.05, 4.69) is 4.72 Å². The van der Waals surface area contributed by atoms with Crippen LogP contribution >= 0.6 is 0 Å². The first-order valence-corrected chi connectivity index (χ1v) is 13.2. The molecular weight excluding hydrogens is 518 g/mol. The number of benzene rings is 2. The lowest BCUT2D eigenvalue weighted by Crippen LogP contribution is -2.33. The molecule has 0 amide bonds. The van der Waals surface area contributed by atoms with Gasteiger partial charge in [-0.25, -0.2) is 13.1 Å². The number of fused-ring (bicyclic) bond motifs is 1. The van der Waals surface area contributed by atoms with Crippen LogP contribution in [0.4, 0.5) is 26.3 Å². The van der Waals surface area contributed by atoms with E-state index in [1.54, 1.807) is 26.0 Å². The van der Waals surface area contributed by atoms with Crippen molar-refractivity contribution in [2.75, 3.05) is 6.54 Å². The molecule has 204 valence electrons. The summed E-state index contributed by atoms with van der Waals surface area (Å²) in [5.74, 6) is 0. The molecule has 3 aromatic rings. The van der Waals surface area contributed by atoms with Gasteiger partial charge in [-0.3, -0.25) is 0 Å². The Bertz CT molecular complexity index is 1380. The van der Waals surface area contributed by atoms with Gasteiger partial charge in [-0.2, -0.15) is 26.3 Å². The Hall–Kier alpha value is -2.53. The van der Waals surface area contributed by atoms with Gasteiger partial charge in [0.1, 0.15) is 0 Å². The van der Waals surface area contributed by atoms with Crippen LogP contribution in [0.25, 0.3) is 22.0 Å². The average molecular weight is 549 g/mol. The number of alkyl halides is 6. The second-order valence-corrected chi connectivity index (χ2v) is 12.9. The van der Waals surface area contributed by atoms with Crippen LogP contribution < -0.4 is 4.72 Å². The number of aromatic nitrogens is 1. The monoisotopic (exact) mass is 548 g/mol. The lowest BCUT2D eigenvalue weighted by Gasteiger charge is -2.18. The molecule has 2 aromatic carbocycles. The summed E-state index contributed by atoms with van der Waals surface area (Å²) in [7, 11) is -3.47. The van der Waals surface area contributed by atoms with E-state index in [4.69, 9.17) is 0 Å². The number of nitrogens with zero attached hydrogens (tertiary/aromatic N) is 1. The first-order valence-electron chi connectivity index (χ1n) is 11.7. The number of nitrogens with one attached hydrogen (secondary N) is 1. The summed E-state index contributed by atoms with van der Waals surface area (Å²) in [6.45, 7) is 9.56. The molecule has 4 nitrogen and oxygen atoms in total. The molecule has 0 saturated carbocycles. The minimum Gasteiger partial charge on any atom is -0.346 e. The van der Waals surface area contributed by atoms with Gasteiger partial charge in [-0.1, -0.05) is 32.9 Å². The largest absolute Gasteiger partial charge is 0.417 e. The first-order chi connectivity index (χ1) is 16.8. The Morgan fingerprint density at radius 3 is 2.11 bits per heavy atom. The fourth-order valence-corrected chi connectivity index (χ4v) is 4.83. The van der Waals surface area contributed by atoms with Crippen LogP contribution in [0, 0.1) is 5.41 Å².